The summed E-state index contributed by atoms with van der Waals surface area (Å²) in [4.78, 5) is 31.7. The van der Waals surface area contributed by atoms with Crippen molar-refractivity contribution in [2.75, 3.05) is 0 Å². The molecule has 0 atom stereocenters. The number of carbonyl (C=O) groups is 2. The van der Waals surface area contributed by atoms with E-state index in [9.17, 15) is 19.8 Å². The molecule has 2 aromatic rings. The molecule has 4 rings (SSSR count). The molecule has 2 aliphatic heterocycles. The predicted octanol–water partition coefficient (Wildman–Crippen LogP) is 3.51. The summed E-state index contributed by atoms with van der Waals surface area (Å²) < 4.78 is 0. The van der Waals surface area contributed by atoms with Crippen LogP contribution in [0.2, 0.25) is 0 Å². The molecule has 2 heterocycles. The second-order valence-corrected chi connectivity index (χ2v) is 6.97. The van der Waals surface area contributed by atoms with Gasteiger partial charge in [0, 0.05) is 11.8 Å². The summed E-state index contributed by atoms with van der Waals surface area (Å²) in [6.07, 6.45) is 0.434. The van der Waals surface area contributed by atoms with Gasteiger partial charge >= 0.3 is 11.9 Å². The van der Waals surface area contributed by atoms with Gasteiger partial charge in [0.15, 0.2) is 0 Å². The minimum atomic E-state index is -1.02. The number of aliphatic imine (C=N–C) groups is 2. The predicted molar refractivity (Wildman–Crippen MR) is 97.5 cm³/mol. The SMILES string of the molecule is CC1(C)C(C(=O)O)=Nc2ccc(C3=Nc4cccc(C(=O)O)c4C3)cc21. The number of aliphatic carboxylic acids is 1. The first-order chi connectivity index (χ1) is 12.3. The third-order valence-corrected chi connectivity index (χ3v) is 5.01. The summed E-state index contributed by atoms with van der Waals surface area (Å²) in [5, 5.41) is 18.8. The molecule has 26 heavy (non-hydrogen) atoms. The van der Waals surface area contributed by atoms with Crippen LogP contribution < -0.4 is 0 Å². The lowest BCUT2D eigenvalue weighted by atomic mass is 9.80. The van der Waals surface area contributed by atoms with Crippen LogP contribution in [0, 0.1) is 0 Å². The Hall–Kier alpha value is -3.28. The van der Waals surface area contributed by atoms with Gasteiger partial charge in [0.1, 0.15) is 5.71 Å². The normalized spacial score (nSPS) is 16.5. The third kappa shape index (κ3) is 2.26. The molecule has 0 saturated carbocycles. The molecule has 2 aliphatic rings. The van der Waals surface area contributed by atoms with Gasteiger partial charge in [0.25, 0.3) is 0 Å². The van der Waals surface area contributed by atoms with E-state index in [1.165, 1.54) is 0 Å². The molecule has 0 spiro atoms. The fourth-order valence-corrected chi connectivity index (χ4v) is 3.60. The quantitative estimate of drug-likeness (QED) is 0.886. The number of benzene rings is 2. The van der Waals surface area contributed by atoms with Crippen LogP contribution in [-0.4, -0.2) is 33.6 Å². The molecule has 0 bridgehead atoms. The molecule has 0 unspecified atom stereocenters. The van der Waals surface area contributed by atoms with Gasteiger partial charge in [0.05, 0.1) is 22.6 Å². The molecular formula is C20H16N2O4. The van der Waals surface area contributed by atoms with Crippen LogP contribution in [0.3, 0.4) is 0 Å². The van der Waals surface area contributed by atoms with Crippen molar-refractivity contribution in [2.24, 2.45) is 9.98 Å². The van der Waals surface area contributed by atoms with Crippen molar-refractivity contribution in [1.29, 1.82) is 0 Å². The molecule has 2 N–H and O–H groups in total. The first kappa shape index (κ1) is 16.2. The van der Waals surface area contributed by atoms with E-state index in [0.29, 0.717) is 23.4 Å². The zero-order chi connectivity index (χ0) is 18.6. The van der Waals surface area contributed by atoms with Crippen molar-refractivity contribution < 1.29 is 19.8 Å². The summed E-state index contributed by atoms with van der Waals surface area (Å²) in [5.41, 5.74) is 4.17. The summed E-state index contributed by atoms with van der Waals surface area (Å²) in [6.45, 7) is 3.67. The second-order valence-electron chi connectivity index (χ2n) is 6.97. The summed E-state index contributed by atoms with van der Waals surface area (Å²) in [5.74, 6) is -1.99. The monoisotopic (exact) mass is 348 g/mol. The Morgan fingerprint density at radius 3 is 2.46 bits per heavy atom. The average molecular weight is 348 g/mol. The molecular weight excluding hydrogens is 332 g/mol. The maximum absolute atomic E-state index is 11.5. The van der Waals surface area contributed by atoms with E-state index in [-0.39, 0.29) is 11.3 Å². The Bertz CT molecular complexity index is 1050. The van der Waals surface area contributed by atoms with Crippen LogP contribution in [0.15, 0.2) is 46.4 Å². The van der Waals surface area contributed by atoms with Crippen LogP contribution in [0.4, 0.5) is 11.4 Å². The van der Waals surface area contributed by atoms with Crippen LogP contribution in [0.1, 0.15) is 40.9 Å². The van der Waals surface area contributed by atoms with Crippen molar-refractivity contribution in [3.05, 3.63) is 58.7 Å². The third-order valence-electron chi connectivity index (χ3n) is 5.01. The highest BCUT2D eigenvalue weighted by Gasteiger charge is 2.39. The van der Waals surface area contributed by atoms with Gasteiger partial charge < -0.3 is 10.2 Å². The average Bonchev–Trinajstić information content (AvgIpc) is 3.13. The Kier molecular flexibility index (Phi) is 3.34. The van der Waals surface area contributed by atoms with Crippen molar-refractivity contribution in [3.63, 3.8) is 0 Å². The first-order valence-corrected chi connectivity index (χ1v) is 8.19. The fraction of sp³-hybridized carbons (Fsp3) is 0.200. The number of fused-ring (bicyclic) bond motifs is 2. The van der Waals surface area contributed by atoms with E-state index < -0.39 is 17.4 Å². The smallest absolute Gasteiger partial charge is 0.351 e. The minimum Gasteiger partial charge on any atom is -0.478 e. The summed E-state index contributed by atoms with van der Waals surface area (Å²) >= 11 is 0. The van der Waals surface area contributed by atoms with Crippen molar-refractivity contribution in [3.8, 4) is 0 Å². The number of nitrogens with zero attached hydrogens (tertiary/aromatic N) is 2. The van der Waals surface area contributed by atoms with E-state index in [2.05, 4.69) is 9.98 Å². The number of carboxylic acid groups (broad SMARTS) is 2. The number of hydrogen-bond acceptors (Lipinski definition) is 4. The minimum absolute atomic E-state index is 0.120. The Morgan fingerprint density at radius 2 is 1.77 bits per heavy atom. The molecule has 0 aromatic heterocycles. The Labute approximate surface area is 149 Å². The van der Waals surface area contributed by atoms with Gasteiger partial charge in [-0.05, 0) is 54.8 Å². The number of hydrogen-bond donors (Lipinski definition) is 2. The number of aromatic carboxylic acids is 1. The maximum atomic E-state index is 11.5. The molecule has 6 nitrogen and oxygen atoms in total. The largest absolute Gasteiger partial charge is 0.478 e. The zero-order valence-electron chi connectivity index (χ0n) is 14.3. The van der Waals surface area contributed by atoms with E-state index >= 15 is 0 Å². The lowest BCUT2D eigenvalue weighted by Crippen LogP contribution is -2.32. The van der Waals surface area contributed by atoms with Gasteiger partial charge in [-0.25, -0.2) is 14.6 Å². The highest BCUT2D eigenvalue weighted by molar-refractivity contribution is 6.41. The molecule has 0 fully saturated rings. The van der Waals surface area contributed by atoms with Crippen molar-refractivity contribution >= 4 is 34.7 Å². The molecule has 130 valence electrons. The molecule has 0 radical (unpaired) electrons. The molecule has 0 aliphatic carbocycles. The zero-order valence-corrected chi connectivity index (χ0v) is 14.3. The van der Waals surface area contributed by atoms with E-state index in [0.717, 1.165) is 16.8 Å². The Balaban J connectivity index is 1.74. The topological polar surface area (TPSA) is 99.3 Å². The van der Waals surface area contributed by atoms with E-state index in [1.807, 2.05) is 26.0 Å². The van der Waals surface area contributed by atoms with Crippen LogP contribution >= 0.6 is 0 Å². The van der Waals surface area contributed by atoms with Crippen molar-refractivity contribution in [2.45, 2.75) is 25.7 Å². The first-order valence-electron chi connectivity index (χ1n) is 8.19. The second kappa shape index (κ2) is 5.36. The maximum Gasteiger partial charge on any atom is 0.351 e. The van der Waals surface area contributed by atoms with Gasteiger partial charge in [-0.1, -0.05) is 12.1 Å². The Morgan fingerprint density at radius 1 is 1.00 bits per heavy atom. The highest BCUT2D eigenvalue weighted by atomic mass is 16.4. The highest BCUT2D eigenvalue weighted by Crippen LogP contribution is 2.41. The van der Waals surface area contributed by atoms with Gasteiger partial charge in [-0.2, -0.15) is 0 Å². The summed E-state index contributed by atoms with van der Waals surface area (Å²) in [6, 6.07) is 10.6. The van der Waals surface area contributed by atoms with Crippen LogP contribution in [-0.2, 0) is 16.6 Å². The molecule has 0 amide bonds. The standard InChI is InChI=1S/C20H16N2O4/c1-20(2)13-8-10(6-7-15(13)22-17(20)19(25)26)16-9-12-11(18(23)24)4-3-5-14(12)21-16/h3-8H,9H2,1-2H3,(H,23,24)(H,25,26). The van der Waals surface area contributed by atoms with Gasteiger partial charge in [-0.3, -0.25) is 4.99 Å². The number of rotatable bonds is 3. The van der Waals surface area contributed by atoms with E-state index in [1.54, 1.807) is 24.3 Å². The van der Waals surface area contributed by atoms with E-state index in [4.69, 9.17) is 0 Å². The molecule has 0 saturated heterocycles. The van der Waals surface area contributed by atoms with Crippen LogP contribution in [0.25, 0.3) is 0 Å². The summed E-state index contributed by atoms with van der Waals surface area (Å²) in [7, 11) is 0. The van der Waals surface area contributed by atoms with Crippen molar-refractivity contribution in [1.82, 2.24) is 0 Å². The van der Waals surface area contributed by atoms with Gasteiger partial charge in [-0.15, -0.1) is 0 Å². The lowest BCUT2D eigenvalue weighted by molar-refractivity contribution is -0.129. The number of carboxylic acids is 2. The van der Waals surface area contributed by atoms with Gasteiger partial charge in [0.2, 0.25) is 0 Å². The molecule has 6 heteroatoms. The molecule has 2 aromatic carbocycles. The van der Waals surface area contributed by atoms with Crippen LogP contribution in [0.5, 0.6) is 0 Å². The fourth-order valence-electron chi connectivity index (χ4n) is 3.60. The lowest BCUT2D eigenvalue weighted by Gasteiger charge is -2.20.